The summed E-state index contributed by atoms with van der Waals surface area (Å²) in [5.74, 6) is 0.369. The standard InChI is InChI=1S/C14H20N2O4S/c1-11-7-8-13(9-14(11)16(17)18)21(19,20)15-10-12-5-3-2-4-6-12/h7-9,12,15H,2-6,10H2,1H3. The van der Waals surface area contributed by atoms with Crippen molar-refractivity contribution in [3.8, 4) is 0 Å². The number of sulfonamides is 1. The van der Waals surface area contributed by atoms with E-state index in [-0.39, 0.29) is 10.6 Å². The molecule has 0 spiro atoms. The van der Waals surface area contributed by atoms with Crippen molar-refractivity contribution in [1.29, 1.82) is 0 Å². The van der Waals surface area contributed by atoms with Gasteiger partial charge in [0, 0.05) is 18.2 Å². The molecule has 0 heterocycles. The zero-order valence-electron chi connectivity index (χ0n) is 12.0. The highest BCUT2D eigenvalue weighted by atomic mass is 32.2. The molecule has 7 heteroatoms. The van der Waals surface area contributed by atoms with Crippen LogP contribution in [-0.4, -0.2) is 19.9 Å². The van der Waals surface area contributed by atoms with Crippen LogP contribution in [0.15, 0.2) is 23.1 Å². The lowest BCUT2D eigenvalue weighted by Gasteiger charge is -2.21. The van der Waals surface area contributed by atoms with E-state index in [0.717, 1.165) is 31.7 Å². The van der Waals surface area contributed by atoms with E-state index in [9.17, 15) is 18.5 Å². The van der Waals surface area contributed by atoms with E-state index in [0.29, 0.717) is 18.0 Å². The fraction of sp³-hybridized carbons (Fsp3) is 0.571. The van der Waals surface area contributed by atoms with Gasteiger partial charge >= 0.3 is 0 Å². The largest absolute Gasteiger partial charge is 0.273 e. The Bertz CT molecular complexity index is 622. The molecule has 0 atom stereocenters. The average molecular weight is 312 g/mol. The fourth-order valence-electron chi connectivity index (χ4n) is 2.66. The third-order valence-electron chi connectivity index (χ3n) is 3.97. The molecule has 0 aliphatic heterocycles. The normalized spacial score (nSPS) is 16.8. The van der Waals surface area contributed by atoms with Gasteiger partial charge in [-0.3, -0.25) is 10.1 Å². The van der Waals surface area contributed by atoms with Gasteiger partial charge in [-0.25, -0.2) is 13.1 Å². The first kappa shape index (κ1) is 15.9. The van der Waals surface area contributed by atoms with Gasteiger partial charge in [-0.2, -0.15) is 0 Å². The highest BCUT2D eigenvalue weighted by Gasteiger charge is 2.21. The number of nitrogens with one attached hydrogen (secondary N) is 1. The zero-order valence-corrected chi connectivity index (χ0v) is 12.9. The summed E-state index contributed by atoms with van der Waals surface area (Å²) in [6.45, 7) is 1.99. The fourth-order valence-corrected chi connectivity index (χ4v) is 3.79. The molecule has 0 amide bonds. The quantitative estimate of drug-likeness (QED) is 0.668. The Morgan fingerprint density at radius 2 is 1.95 bits per heavy atom. The maximum Gasteiger partial charge on any atom is 0.273 e. The topological polar surface area (TPSA) is 89.3 Å². The number of benzene rings is 1. The number of nitrogens with zero attached hydrogens (tertiary/aromatic N) is 1. The van der Waals surface area contributed by atoms with Crippen molar-refractivity contribution in [2.75, 3.05) is 6.54 Å². The number of nitro groups is 1. The van der Waals surface area contributed by atoms with Crippen molar-refractivity contribution in [1.82, 2.24) is 4.72 Å². The van der Waals surface area contributed by atoms with E-state index < -0.39 is 14.9 Å². The molecule has 1 saturated carbocycles. The number of nitro benzene ring substituents is 1. The molecule has 0 bridgehead atoms. The summed E-state index contributed by atoms with van der Waals surface area (Å²) in [5, 5.41) is 10.9. The van der Waals surface area contributed by atoms with E-state index in [1.165, 1.54) is 18.6 Å². The van der Waals surface area contributed by atoms with Gasteiger partial charge < -0.3 is 0 Å². The number of rotatable bonds is 5. The predicted octanol–water partition coefficient (Wildman–Crippen LogP) is 2.76. The van der Waals surface area contributed by atoms with Gasteiger partial charge in [-0.05, 0) is 31.7 Å². The Hall–Kier alpha value is -1.47. The van der Waals surface area contributed by atoms with Crippen LogP contribution in [0.4, 0.5) is 5.69 Å². The molecular formula is C14H20N2O4S. The molecule has 1 aromatic rings. The molecule has 21 heavy (non-hydrogen) atoms. The second-order valence-corrected chi connectivity index (χ2v) is 7.33. The van der Waals surface area contributed by atoms with Crippen LogP contribution in [0.3, 0.4) is 0 Å². The Morgan fingerprint density at radius 1 is 1.29 bits per heavy atom. The van der Waals surface area contributed by atoms with Crippen molar-refractivity contribution >= 4 is 15.7 Å². The molecular weight excluding hydrogens is 292 g/mol. The van der Waals surface area contributed by atoms with Crippen molar-refractivity contribution in [2.24, 2.45) is 5.92 Å². The minimum Gasteiger partial charge on any atom is -0.258 e. The second-order valence-electron chi connectivity index (χ2n) is 5.56. The minimum absolute atomic E-state index is 0.0457. The molecule has 1 aliphatic carbocycles. The molecule has 0 radical (unpaired) electrons. The van der Waals surface area contributed by atoms with E-state index in [1.807, 2.05) is 0 Å². The second kappa shape index (κ2) is 6.53. The number of aryl methyl sites for hydroxylation is 1. The van der Waals surface area contributed by atoms with E-state index >= 15 is 0 Å². The summed E-state index contributed by atoms with van der Waals surface area (Å²) in [5.41, 5.74) is 0.279. The first-order valence-electron chi connectivity index (χ1n) is 7.15. The molecule has 0 unspecified atom stereocenters. The predicted molar refractivity (Wildman–Crippen MR) is 79.6 cm³/mol. The maximum absolute atomic E-state index is 12.2. The molecule has 1 N–H and O–H groups in total. The van der Waals surface area contributed by atoms with Gasteiger partial charge in [-0.15, -0.1) is 0 Å². The molecule has 116 valence electrons. The van der Waals surface area contributed by atoms with Gasteiger partial charge in [0.25, 0.3) is 5.69 Å². The lowest BCUT2D eigenvalue weighted by Crippen LogP contribution is -2.30. The van der Waals surface area contributed by atoms with Gasteiger partial charge in [-0.1, -0.05) is 25.3 Å². The van der Waals surface area contributed by atoms with Gasteiger partial charge in [0.15, 0.2) is 0 Å². The lowest BCUT2D eigenvalue weighted by molar-refractivity contribution is -0.385. The van der Waals surface area contributed by atoms with E-state index in [4.69, 9.17) is 0 Å². The molecule has 1 aromatic carbocycles. The highest BCUT2D eigenvalue weighted by Crippen LogP contribution is 2.25. The summed E-state index contributed by atoms with van der Waals surface area (Å²) >= 11 is 0. The van der Waals surface area contributed by atoms with Crippen molar-refractivity contribution in [3.63, 3.8) is 0 Å². The number of hydrogen-bond donors (Lipinski definition) is 1. The Morgan fingerprint density at radius 3 is 2.57 bits per heavy atom. The summed E-state index contributed by atoms with van der Waals surface area (Å²) in [6, 6.07) is 4.00. The highest BCUT2D eigenvalue weighted by molar-refractivity contribution is 7.89. The third kappa shape index (κ3) is 4.01. The van der Waals surface area contributed by atoms with Crippen molar-refractivity contribution < 1.29 is 13.3 Å². The summed E-state index contributed by atoms with van der Waals surface area (Å²) in [4.78, 5) is 10.3. The van der Waals surface area contributed by atoms with Crippen LogP contribution in [0.5, 0.6) is 0 Å². The molecule has 1 fully saturated rings. The van der Waals surface area contributed by atoms with Crippen LogP contribution in [-0.2, 0) is 10.0 Å². The molecule has 1 aliphatic rings. The lowest BCUT2D eigenvalue weighted by atomic mass is 9.90. The first-order chi connectivity index (χ1) is 9.90. The van der Waals surface area contributed by atoms with Crippen molar-refractivity contribution in [2.45, 2.75) is 43.9 Å². The Kier molecular flexibility index (Phi) is 4.95. The van der Waals surface area contributed by atoms with Crippen LogP contribution in [0, 0.1) is 23.0 Å². The monoisotopic (exact) mass is 312 g/mol. The Balaban J connectivity index is 2.11. The SMILES string of the molecule is Cc1ccc(S(=O)(=O)NCC2CCCCC2)cc1[N+](=O)[O-]. The molecule has 2 rings (SSSR count). The summed E-state index contributed by atoms with van der Waals surface area (Å²) in [7, 11) is -3.69. The van der Waals surface area contributed by atoms with Gasteiger partial charge in [0.1, 0.15) is 0 Å². The Labute approximate surface area is 124 Å². The molecule has 0 saturated heterocycles. The summed E-state index contributed by atoms with van der Waals surface area (Å²) < 4.78 is 27.0. The average Bonchev–Trinajstić information content (AvgIpc) is 2.46. The first-order valence-corrected chi connectivity index (χ1v) is 8.63. The van der Waals surface area contributed by atoms with Gasteiger partial charge in [0.05, 0.1) is 9.82 Å². The van der Waals surface area contributed by atoms with Crippen LogP contribution in [0.1, 0.15) is 37.7 Å². The third-order valence-corrected chi connectivity index (χ3v) is 5.40. The smallest absolute Gasteiger partial charge is 0.258 e. The zero-order chi connectivity index (χ0) is 15.5. The van der Waals surface area contributed by atoms with Crippen LogP contribution in [0.2, 0.25) is 0 Å². The number of hydrogen-bond acceptors (Lipinski definition) is 4. The van der Waals surface area contributed by atoms with Crippen molar-refractivity contribution in [3.05, 3.63) is 33.9 Å². The summed E-state index contributed by atoms with van der Waals surface area (Å²) in [6.07, 6.45) is 5.57. The molecule has 6 nitrogen and oxygen atoms in total. The van der Waals surface area contributed by atoms with Gasteiger partial charge in [0.2, 0.25) is 10.0 Å². The van der Waals surface area contributed by atoms with Crippen LogP contribution in [0.25, 0.3) is 0 Å². The van der Waals surface area contributed by atoms with E-state index in [1.54, 1.807) is 6.92 Å². The minimum atomic E-state index is -3.69. The molecule has 0 aromatic heterocycles. The van der Waals surface area contributed by atoms with Crippen LogP contribution < -0.4 is 4.72 Å². The maximum atomic E-state index is 12.2. The van der Waals surface area contributed by atoms with Crippen LogP contribution >= 0.6 is 0 Å². The van der Waals surface area contributed by atoms with E-state index in [2.05, 4.69) is 4.72 Å².